The first kappa shape index (κ1) is 74.8. The van der Waals surface area contributed by atoms with Crippen LogP contribution in [0.3, 0.4) is 0 Å². The Kier molecular flexibility index (Phi) is 16.7. The zero-order chi connectivity index (χ0) is 87.0. The third-order valence-electron chi connectivity index (χ3n) is 26.2. The van der Waals surface area contributed by atoms with Crippen LogP contribution in [0.25, 0.3) is 276 Å². The number of pyridine rings is 3. The molecule has 17 aromatic carbocycles. The molecule has 13 aromatic heterocycles. The molecule has 0 bridgehead atoms. The van der Waals surface area contributed by atoms with Crippen LogP contribution in [0.1, 0.15) is 0 Å². The molecule has 17 heteroatoms. The standard InChI is InChI=1S/C44H25N5S.C37H20N4OS.C35H20N4S/c1-3-16-28-26(12-1)14-9-21-32(28)42-46-43(33-22-10-15-27-13-2-4-17-29(27)33)48-44(47-42)49-35-23-11-25-45-39(35)38-31-19-6-5-18-30(31)37-34-20-7-8-24-36(34)50-41(37)40(38)49;1-2-11-21(12-3-1)31-35-32(24-15-6-8-18-27(24)42-35)40-37(39-31)41-26-17-10-20-38-33(26)30-23-14-5-4-13-22(23)29-25-16-7-9-19-28(25)43-36(29)34(30)41;1-2-11-21(12-3-1)34-37-26-17-8-6-15-24(26)35(38-34)39-27-18-10-20-36-31(27)30-23-14-5-4-13-22(23)29-25-16-7-9-19-28(25)40-33(29)32(30)39/h1-25H;1-20H;1-20H. The van der Waals surface area contributed by atoms with Crippen LogP contribution in [0.4, 0.5) is 0 Å². The average molecular weight is 1750 g/mol. The number of hydrogen-bond donors (Lipinski definition) is 0. The number of para-hydroxylation sites is 2. The molecule has 0 aliphatic heterocycles. The van der Waals surface area contributed by atoms with Crippen molar-refractivity contribution in [1.82, 2.24) is 63.5 Å². The van der Waals surface area contributed by atoms with Crippen molar-refractivity contribution in [3.8, 4) is 63.1 Å². The molecule has 0 aliphatic rings. The fourth-order valence-electron chi connectivity index (χ4n) is 20.5. The lowest BCUT2D eigenvalue weighted by atomic mass is 10.00. The maximum Gasteiger partial charge on any atom is 0.238 e. The fraction of sp³-hybridized carbons (Fsp3) is 0. The highest BCUT2D eigenvalue weighted by atomic mass is 32.1. The summed E-state index contributed by atoms with van der Waals surface area (Å²) in [6.07, 6.45) is 5.65. The molecular weight excluding hydrogens is 1690 g/mol. The van der Waals surface area contributed by atoms with Crippen molar-refractivity contribution in [2.24, 2.45) is 0 Å². The first-order valence-electron chi connectivity index (χ1n) is 44.2. The molecule has 0 saturated heterocycles. The van der Waals surface area contributed by atoms with Crippen LogP contribution in [0.15, 0.2) is 399 Å². The Hall–Kier alpha value is -17.2. The molecule has 14 nitrogen and oxygen atoms in total. The van der Waals surface area contributed by atoms with Crippen LogP contribution in [0, 0.1) is 0 Å². The molecule has 0 saturated carbocycles. The SMILES string of the molecule is c1ccc(-c2nc(-n3c4cccnc4c4c5ccccc5c5c6ccccc6sc5c43)c3ccccc3n2)cc1.c1ccc(-c2nc(-n3c4cccnc4c4c5ccccc5c5c6ccccc6sc5c43)nc3c2oc2ccccc23)cc1.c1ccc2c(-c3nc(-c4cccc5ccccc45)nc(-n4c5cccnc5c5c6ccccc6c6c7ccccc7sc6c54)n3)cccc2c1. The number of nitrogens with zero attached hydrogens (tertiary/aromatic N) is 13. The van der Waals surface area contributed by atoms with Gasteiger partial charge in [-0.3, -0.25) is 28.7 Å². The number of benzene rings is 17. The van der Waals surface area contributed by atoms with Crippen molar-refractivity contribution in [3.63, 3.8) is 0 Å². The minimum absolute atomic E-state index is 0.563. The first-order chi connectivity index (χ1) is 66.0. The van der Waals surface area contributed by atoms with E-state index in [2.05, 4.69) is 311 Å². The maximum absolute atomic E-state index is 6.41. The first-order valence-corrected chi connectivity index (χ1v) is 46.6. The lowest BCUT2D eigenvalue weighted by Gasteiger charge is -2.13. The molecule has 0 unspecified atom stereocenters. The van der Waals surface area contributed by atoms with Gasteiger partial charge in [0.1, 0.15) is 22.6 Å². The van der Waals surface area contributed by atoms with E-state index in [4.69, 9.17) is 54.3 Å². The molecule has 0 radical (unpaired) electrons. The summed E-state index contributed by atoms with van der Waals surface area (Å²) >= 11 is 5.48. The quantitative estimate of drug-likeness (QED) is 0.150. The van der Waals surface area contributed by atoms with Crippen molar-refractivity contribution in [2.45, 2.75) is 0 Å². The summed E-state index contributed by atoms with van der Waals surface area (Å²) in [4.78, 5) is 51.7. The van der Waals surface area contributed by atoms with Gasteiger partial charge in [-0.15, -0.1) is 34.0 Å². The molecule has 0 spiro atoms. The Labute approximate surface area is 767 Å². The largest absolute Gasteiger partial charge is 0.452 e. The summed E-state index contributed by atoms with van der Waals surface area (Å²) in [6.45, 7) is 0. The number of rotatable bonds is 7. The van der Waals surface area contributed by atoms with Crippen molar-refractivity contribution in [2.75, 3.05) is 0 Å². The highest BCUT2D eigenvalue weighted by molar-refractivity contribution is 7.28. The van der Waals surface area contributed by atoms with Gasteiger partial charge in [-0.05, 0) is 133 Å². The van der Waals surface area contributed by atoms with E-state index in [1.165, 1.54) is 92.8 Å². The molecule has 0 atom stereocenters. The van der Waals surface area contributed by atoms with Crippen molar-refractivity contribution in [3.05, 3.63) is 395 Å². The van der Waals surface area contributed by atoms with Gasteiger partial charge in [-0.2, -0.15) is 9.97 Å². The number of hydrogen-bond acceptors (Lipinski definition) is 14. The Morgan fingerprint density at radius 2 is 0.602 bits per heavy atom. The van der Waals surface area contributed by atoms with E-state index >= 15 is 0 Å². The summed E-state index contributed by atoms with van der Waals surface area (Å²) in [5, 5.41) is 24.7. The topological polar surface area (TPSA) is 157 Å². The molecule has 30 rings (SSSR count). The molecule has 0 amide bonds. The Morgan fingerprint density at radius 3 is 1.08 bits per heavy atom. The number of thiophene rings is 3. The van der Waals surface area contributed by atoms with Crippen molar-refractivity contribution >= 4 is 247 Å². The van der Waals surface area contributed by atoms with E-state index in [1.807, 2.05) is 131 Å². The lowest BCUT2D eigenvalue weighted by molar-refractivity contribution is 0.666. The highest BCUT2D eigenvalue weighted by Crippen LogP contribution is 2.53. The minimum atomic E-state index is 0.563. The lowest BCUT2D eigenvalue weighted by Crippen LogP contribution is -2.07. The van der Waals surface area contributed by atoms with Crippen molar-refractivity contribution in [1.29, 1.82) is 0 Å². The van der Waals surface area contributed by atoms with Gasteiger partial charge in [0.25, 0.3) is 0 Å². The molecule has 0 N–H and O–H groups in total. The fourth-order valence-corrected chi connectivity index (χ4v) is 24.3. The van der Waals surface area contributed by atoms with Gasteiger partial charge in [0.05, 0.1) is 69.3 Å². The second-order valence-electron chi connectivity index (χ2n) is 33.4. The molecule has 0 aliphatic carbocycles. The van der Waals surface area contributed by atoms with Gasteiger partial charge < -0.3 is 4.42 Å². The third kappa shape index (κ3) is 11.4. The van der Waals surface area contributed by atoms with Gasteiger partial charge in [0.15, 0.2) is 23.1 Å². The summed E-state index contributed by atoms with van der Waals surface area (Å²) < 4.78 is 20.6. The van der Waals surface area contributed by atoms with E-state index in [-0.39, 0.29) is 0 Å². The maximum atomic E-state index is 6.41. The molecule has 13 heterocycles. The monoisotopic (exact) mass is 1750 g/mol. The van der Waals surface area contributed by atoms with Gasteiger partial charge in [-0.25, -0.2) is 24.9 Å². The third-order valence-corrected chi connectivity index (χ3v) is 29.7. The van der Waals surface area contributed by atoms with E-state index in [9.17, 15) is 0 Å². The van der Waals surface area contributed by atoms with Crippen LogP contribution >= 0.6 is 34.0 Å². The van der Waals surface area contributed by atoms with Crippen LogP contribution < -0.4 is 0 Å². The normalized spacial score (nSPS) is 12.1. The van der Waals surface area contributed by atoms with Gasteiger partial charge in [0, 0.05) is 114 Å². The summed E-state index contributed by atoms with van der Waals surface area (Å²) in [5.74, 6) is 3.99. The van der Waals surface area contributed by atoms with Gasteiger partial charge in [-0.1, -0.05) is 297 Å². The predicted molar refractivity (Wildman–Crippen MR) is 553 cm³/mol. The zero-order valence-corrected chi connectivity index (χ0v) is 72.9. The summed E-state index contributed by atoms with van der Waals surface area (Å²) in [6, 6.07) is 131. The molecule has 618 valence electrons. The van der Waals surface area contributed by atoms with E-state index in [1.54, 1.807) is 0 Å². The molecule has 133 heavy (non-hydrogen) atoms. The van der Waals surface area contributed by atoms with Gasteiger partial charge in [0.2, 0.25) is 11.9 Å². The van der Waals surface area contributed by atoms with Gasteiger partial charge >= 0.3 is 0 Å². The summed E-state index contributed by atoms with van der Waals surface area (Å²) in [5.41, 5.74) is 17.0. The van der Waals surface area contributed by atoms with E-state index < -0.39 is 0 Å². The number of furan rings is 1. The molecule has 0 fully saturated rings. The zero-order valence-electron chi connectivity index (χ0n) is 70.5. The van der Waals surface area contributed by atoms with Crippen LogP contribution in [0.2, 0.25) is 0 Å². The van der Waals surface area contributed by atoms with E-state index in [0.29, 0.717) is 35.0 Å². The van der Waals surface area contributed by atoms with E-state index in [0.717, 1.165) is 149 Å². The Morgan fingerprint density at radius 1 is 0.233 bits per heavy atom. The van der Waals surface area contributed by atoms with Crippen LogP contribution in [-0.4, -0.2) is 63.5 Å². The second-order valence-corrected chi connectivity index (χ2v) is 36.6. The van der Waals surface area contributed by atoms with Crippen LogP contribution in [-0.2, 0) is 0 Å². The Balaban J connectivity index is 0.000000100. The summed E-state index contributed by atoms with van der Waals surface area (Å²) in [7, 11) is 0. The molecule has 30 aromatic rings. The number of fused-ring (bicyclic) bond motifs is 36. The van der Waals surface area contributed by atoms with Crippen LogP contribution in [0.5, 0.6) is 0 Å². The predicted octanol–water partition coefficient (Wildman–Crippen LogP) is 30.9. The smallest absolute Gasteiger partial charge is 0.238 e. The second kappa shape index (κ2) is 29.7. The number of aromatic nitrogens is 13. The highest BCUT2D eigenvalue weighted by Gasteiger charge is 2.31. The average Bonchev–Trinajstić information content (AvgIpc) is 1.55. The molecular formula is C116H65N13OS3. The van der Waals surface area contributed by atoms with Crippen molar-refractivity contribution < 1.29 is 4.42 Å². The Bertz CT molecular complexity index is 10100. The minimum Gasteiger partial charge on any atom is -0.452 e.